The number of rotatable bonds is 3. The molecule has 1 aliphatic carbocycles. The average molecular weight is 212 g/mol. The smallest absolute Gasteiger partial charge is 0.427 e. The average Bonchev–Trinajstić information content (AvgIpc) is 2.35. The summed E-state index contributed by atoms with van der Waals surface area (Å²) in [4.78, 5) is 22.3. The molecule has 0 aromatic heterocycles. The number of carbonyl (C=O) groups is 2. The summed E-state index contributed by atoms with van der Waals surface area (Å²) in [5, 5.41) is 22.2. The maximum Gasteiger partial charge on any atom is 0.451 e. The van der Waals surface area contributed by atoms with Crippen LogP contribution >= 0.6 is 0 Å². The summed E-state index contributed by atoms with van der Waals surface area (Å²) in [7, 11) is -1.28. The van der Waals surface area contributed by atoms with Gasteiger partial charge in [0, 0.05) is 0 Å². The minimum atomic E-state index is -1.28. The van der Waals surface area contributed by atoms with Crippen LogP contribution in [0, 0.1) is 5.92 Å². The zero-order chi connectivity index (χ0) is 11.1. The number of amides is 3. The van der Waals surface area contributed by atoms with Gasteiger partial charge in [0.05, 0.1) is 0 Å². The first-order valence-electron chi connectivity index (χ1n) is 5.01. The van der Waals surface area contributed by atoms with Crippen molar-refractivity contribution in [1.29, 1.82) is 0 Å². The molecular formula is C8H13BN2O4. The summed E-state index contributed by atoms with van der Waals surface area (Å²) in [6, 6.07) is -0.430. The van der Waals surface area contributed by atoms with Crippen LogP contribution in [0.3, 0.4) is 0 Å². The van der Waals surface area contributed by atoms with E-state index < -0.39 is 18.7 Å². The standard InChI is InChI=1S/C8H13BN2O4/c12-6-8(11-7(13)10-6)3-5(4-8)1-2-9(14)15/h5,14-15H,1-4H2,(H2,10,11,12,13). The molecule has 1 saturated carbocycles. The van der Waals surface area contributed by atoms with E-state index in [4.69, 9.17) is 10.0 Å². The summed E-state index contributed by atoms with van der Waals surface area (Å²) in [5.41, 5.74) is -0.706. The Hall–Kier alpha value is -1.08. The van der Waals surface area contributed by atoms with E-state index in [1.807, 2.05) is 0 Å². The number of nitrogens with one attached hydrogen (secondary N) is 2. The number of imide groups is 1. The third-order valence-electron chi connectivity index (χ3n) is 3.12. The Kier molecular flexibility index (Phi) is 2.43. The molecular weight excluding hydrogens is 199 g/mol. The molecule has 3 amide bonds. The molecule has 0 aromatic carbocycles. The molecule has 15 heavy (non-hydrogen) atoms. The Morgan fingerprint density at radius 3 is 2.53 bits per heavy atom. The third-order valence-corrected chi connectivity index (χ3v) is 3.12. The van der Waals surface area contributed by atoms with Crippen LogP contribution in [0.25, 0.3) is 0 Å². The maximum absolute atomic E-state index is 11.4. The fourth-order valence-corrected chi connectivity index (χ4v) is 2.33. The van der Waals surface area contributed by atoms with Gasteiger partial charge in [-0.25, -0.2) is 4.79 Å². The highest BCUT2D eigenvalue weighted by molar-refractivity contribution is 6.40. The van der Waals surface area contributed by atoms with Gasteiger partial charge in [0.2, 0.25) is 0 Å². The second kappa shape index (κ2) is 3.50. The van der Waals surface area contributed by atoms with E-state index in [-0.39, 0.29) is 11.8 Å². The van der Waals surface area contributed by atoms with Crippen molar-refractivity contribution in [3.63, 3.8) is 0 Å². The van der Waals surface area contributed by atoms with Crippen molar-refractivity contribution < 1.29 is 19.6 Å². The summed E-state index contributed by atoms with van der Waals surface area (Å²) in [6.07, 6.45) is 2.17. The predicted octanol–water partition coefficient (Wildman–Crippen LogP) is -1.16. The number of hydrogen-bond acceptors (Lipinski definition) is 4. The van der Waals surface area contributed by atoms with Crippen molar-refractivity contribution >= 4 is 19.1 Å². The minimum absolute atomic E-state index is 0.256. The molecule has 82 valence electrons. The van der Waals surface area contributed by atoms with Crippen molar-refractivity contribution in [3.8, 4) is 0 Å². The monoisotopic (exact) mass is 212 g/mol. The van der Waals surface area contributed by atoms with Gasteiger partial charge in [-0.05, 0) is 25.1 Å². The predicted molar refractivity (Wildman–Crippen MR) is 51.7 cm³/mol. The lowest BCUT2D eigenvalue weighted by Gasteiger charge is -2.42. The molecule has 7 heteroatoms. The van der Waals surface area contributed by atoms with Crippen molar-refractivity contribution in [1.82, 2.24) is 10.6 Å². The fourth-order valence-electron chi connectivity index (χ4n) is 2.33. The van der Waals surface area contributed by atoms with Gasteiger partial charge in [-0.2, -0.15) is 0 Å². The molecule has 4 N–H and O–H groups in total. The lowest BCUT2D eigenvalue weighted by atomic mass is 9.64. The second-order valence-electron chi connectivity index (χ2n) is 4.32. The molecule has 0 aromatic rings. The molecule has 0 radical (unpaired) electrons. The van der Waals surface area contributed by atoms with Gasteiger partial charge in [0.1, 0.15) is 5.54 Å². The van der Waals surface area contributed by atoms with Crippen LogP contribution in [0.15, 0.2) is 0 Å². The van der Waals surface area contributed by atoms with E-state index >= 15 is 0 Å². The highest BCUT2D eigenvalue weighted by Gasteiger charge is 2.54. The van der Waals surface area contributed by atoms with Crippen molar-refractivity contribution in [2.24, 2.45) is 5.92 Å². The molecule has 6 nitrogen and oxygen atoms in total. The number of hydrogen-bond donors (Lipinski definition) is 4. The van der Waals surface area contributed by atoms with Crippen LogP contribution in [-0.2, 0) is 4.79 Å². The Balaban J connectivity index is 1.82. The summed E-state index contributed by atoms with van der Waals surface area (Å²) >= 11 is 0. The van der Waals surface area contributed by atoms with E-state index in [1.165, 1.54) is 0 Å². The van der Waals surface area contributed by atoms with Crippen LogP contribution < -0.4 is 10.6 Å². The van der Waals surface area contributed by atoms with E-state index in [9.17, 15) is 9.59 Å². The lowest BCUT2D eigenvalue weighted by Crippen LogP contribution is -2.57. The molecule has 1 heterocycles. The SMILES string of the molecule is O=C1NC(=O)C2(CC(CCB(O)O)C2)N1. The van der Waals surface area contributed by atoms with E-state index in [1.54, 1.807) is 0 Å². The van der Waals surface area contributed by atoms with Crippen molar-refractivity contribution in [3.05, 3.63) is 0 Å². The molecule has 2 rings (SSSR count). The van der Waals surface area contributed by atoms with Crippen LogP contribution in [0.1, 0.15) is 19.3 Å². The normalized spacial score (nSPS) is 33.6. The lowest BCUT2D eigenvalue weighted by molar-refractivity contribution is -0.128. The van der Waals surface area contributed by atoms with Gasteiger partial charge >= 0.3 is 13.1 Å². The largest absolute Gasteiger partial charge is 0.451 e. The van der Waals surface area contributed by atoms with Crippen LogP contribution in [0.2, 0.25) is 6.32 Å². The molecule has 1 spiro atoms. The van der Waals surface area contributed by atoms with E-state index in [0.717, 1.165) is 0 Å². The van der Waals surface area contributed by atoms with Gasteiger partial charge in [-0.15, -0.1) is 0 Å². The molecule has 0 atom stereocenters. The van der Waals surface area contributed by atoms with Crippen LogP contribution in [-0.4, -0.2) is 34.6 Å². The highest BCUT2D eigenvalue weighted by Crippen LogP contribution is 2.42. The number of carbonyl (C=O) groups excluding carboxylic acids is 2. The quantitative estimate of drug-likeness (QED) is 0.350. The summed E-state index contributed by atoms with van der Waals surface area (Å²) in [5.74, 6) is 0.0317. The van der Waals surface area contributed by atoms with Crippen LogP contribution in [0.4, 0.5) is 4.79 Å². The van der Waals surface area contributed by atoms with Crippen LogP contribution in [0.5, 0.6) is 0 Å². The summed E-state index contributed by atoms with van der Waals surface area (Å²) in [6.45, 7) is 0. The third kappa shape index (κ3) is 1.84. The van der Waals surface area contributed by atoms with Crippen molar-refractivity contribution in [2.45, 2.75) is 31.1 Å². The molecule has 0 bridgehead atoms. The van der Waals surface area contributed by atoms with Gasteiger partial charge in [-0.3, -0.25) is 10.1 Å². The van der Waals surface area contributed by atoms with E-state index in [0.29, 0.717) is 25.6 Å². The van der Waals surface area contributed by atoms with Crippen molar-refractivity contribution in [2.75, 3.05) is 0 Å². The van der Waals surface area contributed by atoms with Gasteiger partial charge in [0.15, 0.2) is 0 Å². The number of urea groups is 1. The Bertz CT molecular complexity index is 301. The first kappa shape index (κ1) is 10.4. The molecule has 2 fully saturated rings. The fraction of sp³-hybridized carbons (Fsp3) is 0.750. The zero-order valence-corrected chi connectivity index (χ0v) is 8.19. The first-order chi connectivity index (χ1) is 7.02. The molecule has 0 unspecified atom stereocenters. The topological polar surface area (TPSA) is 98.7 Å². The first-order valence-corrected chi connectivity index (χ1v) is 5.01. The minimum Gasteiger partial charge on any atom is -0.427 e. The molecule has 2 aliphatic rings. The molecule has 1 saturated heterocycles. The highest BCUT2D eigenvalue weighted by atomic mass is 16.4. The Morgan fingerprint density at radius 1 is 1.40 bits per heavy atom. The maximum atomic E-state index is 11.4. The van der Waals surface area contributed by atoms with Gasteiger partial charge in [0.25, 0.3) is 5.91 Å². The Morgan fingerprint density at radius 2 is 2.07 bits per heavy atom. The second-order valence-corrected chi connectivity index (χ2v) is 4.32. The zero-order valence-electron chi connectivity index (χ0n) is 8.19. The van der Waals surface area contributed by atoms with Gasteiger partial charge in [-0.1, -0.05) is 6.42 Å². The van der Waals surface area contributed by atoms with Gasteiger partial charge < -0.3 is 15.4 Å². The van der Waals surface area contributed by atoms with E-state index in [2.05, 4.69) is 10.6 Å². The molecule has 1 aliphatic heterocycles. The summed E-state index contributed by atoms with van der Waals surface area (Å²) < 4.78 is 0. The Labute approximate surface area is 87.2 Å².